The zero-order valence-electron chi connectivity index (χ0n) is 23.3. The van der Waals surface area contributed by atoms with Crippen LogP contribution in [0.2, 0.25) is 0 Å². The number of H-pyrrole nitrogens is 1. The number of methoxy groups -OCH3 is 1. The Labute approximate surface area is 229 Å². The van der Waals surface area contributed by atoms with Crippen LogP contribution in [-0.2, 0) is 9.53 Å². The van der Waals surface area contributed by atoms with Gasteiger partial charge in [0, 0.05) is 30.5 Å². The summed E-state index contributed by atoms with van der Waals surface area (Å²) in [6, 6.07) is 6.46. The van der Waals surface area contributed by atoms with Gasteiger partial charge >= 0.3 is 0 Å². The predicted molar refractivity (Wildman–Crippen MR) is 150 cm³/mol. The number of amides is 2. The Morgan fingerprint density at radius 2 is 1.77 bits per heavy atom. The quantitative estimate of drug-likeness (QED) is 0.349. The van der Waals surface area contributed by atoms with Crippen LogP contribution in [-0.4, -0.2) is 59.2 Å². The Morgan fingerprint density at radius 1 is 1.05 bits per heavy atom. The van der Waals surface area contributed by atoms with E-state index < -0.39 is 0 Å². The van der Waals surface area contributed by atoms with E-state index in [0.717, 1.165) is 53.9 Å². The number of ether oxygens (including phenoxy) is 2. The van der Waals surface area contributed by atoms with Gasteiger partial charge < -0.3 is 25.1 Å². The fourth-order valence-electron chi connectivity index (χ4n) is 5.35. The minimum absolute atomic E-state index is 0.0453. The molecule has 3 N–H and O–H groups in total. The van der Waals surface area contributed by atoms with Crippen molar-refractivity contribution in [1.82, 2.24) is 25.6 Å². The van der Waals surface area contributed by atoms with Gasteiger partial charge in [-0.3, -0.25) is 9.59 Å². The molecule has 0 unspecified atom stereocenters. The van der Waals surface area contributed by atoms with Crippen LogP contribution in [0.3, 0.4) is 0 Å². The van der Waals surface area contributed by atoms with Crippen LogP contribution in [0.4, 0.5) is 0 Å². The molecule has 0 saturated heterocycles. The van der Waals surface area contributed by atoms with Gasteiger partial charge in [-0.05, 0) is 75.0 Å². The molecule has 2 amide bonds. The van der Waals surface area contributed by atoms with E-state index in [-0.39, 0.29) is 30.5 Å². The smallest absolute Gasteiger partial charge is 0.255 e. The molecule has 208 valence electrons. The number of aromatic nitrogens is 3. The minimum atomic E-state index is -0.142. The maximum atomic E-state index is 13.5. The predicted octanol–water partition coefficient (Wildman–Crippen LogP) is 4.65. The molecule has 0 radical (unpaired) electrons. The van der Waals surface area contributed by atoms with Crippen molar-refractivity contribution in [2.24, 2.45) is 5.92 Å². The first-order valence-corrected chi connectivity index (χ1v) is 14.0. The maximum Gasteiger partial charge on any atom is 0.255 e. The molecule has 9 nitrogen and oxygen atoms in total. The average molecular weight is 534 g/mol. The van der Waals surface area contributed by atoms with Crippen LogP contribution < -0.4 is 15.4 Å². The third kappa shape index (κ3) is 6.24. The summed E-state index contributed by atoms with van der Waals surface area (Å²) in [5.41, 5.74) is 5.50. The second kappa shape index (κ2) is 11.7. The highest BCUT2D eigenvalue weighted by Gasteiger charge is 2.28. The van der Waals surface area contributed by atoms with Crippen molar-refractivity contribution < 1.29 is 19.1 Å². The van der Waals surface area contributed by atoms with E-state index in [2.05, 4.69) is 51.6 Å². The molecular formula is C30H39N5O4. The molecule has 1 aromatic carbocycles. The fourth-order valence-corrected chi connectivity index (χ4v) is 5.35. The molecule has 2 aromatic heterocycles. The first-order valence-electron chi connectivity index (χ1n) is 14.0. The van der Waals surface area contributed by atoms with Crippen LogP contribution in [0, 0.1) is 12.8 Å². The molecule has 9 heteroatoms. The van der Waals surface area contributed by atoms with Gasteiger partial charge in [-0.1, -0.05) is 19.9 Å². The molecule has 0 atom stereocenters. The second-order valence-electron chi connectivity index (χ2n) is 11.3. The number of aryl methyl sites for hydroxylation is 1. The first kappa shape index (κ1) is 27.1. The molecule has 2 aliphatic rings. The largest absolute Gasteiger partial charge is 0.493 e. The van der Waals surface area contributed by atoms with E-state index in [4.69, 9.17) is 9.47 Å². The van der Waals surface area contributed by atoms with Crippen molar-refractivity contribution in [3.8, 4) is 17.0 Å². The van der Waals surface area contributed by atoms with Gasteiger partial charge in [-0.15, -0.1) is 0 Å². The van der Waals surface area contributed by atoms with E-state index in [1.54, 1.807) is 0 Å². The number of benzene rings is 1. The third-order valence-electron chi connectivity index (χ3n) is 7.80. The Hall–Kier alpha value is -3.46. The highest BCUT2D eigenvalue weighted by molar-refractivity contribution is 6.09. The molecule has 2 fully saturated rings. The zero-order valence-corrected chi connectivity index (χ0v) is 23.3. The van der Waals surface area contributed by atoms with Crippen LogP contribution >= 0.6 is 0 Å². The minimum Gasteiger partial charge on any atom is -0.493 e. The summed E-state index contributed by atoms with van der Waals surface area (Å²) >= 11 is 0. The Balaban J connectivity index is 1.37. The highest BCUT2D eigenvalue weighted by Crippen LogP contribution is 2.38. The van der Waals surface area contributed by atoms with Crippen LogP contribution in [0.15, 0.2) is 24.5 Å². The molecule has 2 heterocycles. The van der Waals surface area contributed by atoms with E-state index in [1.807, 2.05) is 13.0 Å². The summed E-state index contributed by atoms with van der Waals surface area (Å²) in [6.45, 7) is 7.01. The summed E-state index contributed by atoms with van der Waals surface area (Å²) in [4.78, 5) is 37.9. The van der Waals surface area contributed by atoms with Gasteiger partial charge in [0.1, 0.15) is 29.9 Å². The lowest BCUT2D eigenvalue weighted by molar-refractivity contribution is -0.125. The molecule has 0 aliphatic heterocycles. The standard InChI is InChI=1S/C30H39N5O4/c1-17(2)20-7-12-24(39-14-19-5-6-19)23(13-20)27-29-28(32-16-31-27)26(18(3)33-29)30(37)35-22-10-8-21(9-11-22)34-25(36)15-38-4/h7,12-13,16-17,19,21-22,33H,5-6,8-11,14-15H2,1-4H3,(H,34,36)(H,35,37)/t21-,22-. The lowest BCUT2D eigenvalue weighted by atomic mass is 9.91. The van der Waals surface area contributed by atoms with Gasteiger partial charge in [0.15, 0.2) is 0 Å². The van der Waals surface area contributed by atoms with Gasteiger partial charge in [-0.25, -0.2) is 9.97 Å². The van der Waals surface area contributed by atoms with Crippen molar-refractivity contribution in [2.75, 3.05) is 20.3 Å². The van der Waals surface area contributed by atoms with E-state index in [9.17, 15) is 9.59 Å². The van der Waals surface area contributed by atoms with Crippen LogP contribution in [0.25, 0.3) is 22.3 Å². The third-order valence-corrected chi connectivity index (χ3v) is 7.80. The van der Waals surface area contributed by atoms with E-state index in [0.29, 0.717) is 29.5 Å². The van der Waals surface area contributed by atoms with Crippen molar-refractivity contribution in [2.45, 2.75) is 77.3 Å². The van der Waals surface area contributed by atoms with E-state index in [1.165, 1.54) is 31.8 Å². The Kier molecular flexibility index (Phi) is 8.16. The van der Waals surface area contributed by atoms with Gasteiger partial charge in [0.05, 0.1) is 17.7 Å². The molecule has 39 heavy (non-hydrogen) atoms. The molecule has 3 aromatic rings. The second-order valence-corrected chi connectivity index (χ2v) is 11.3. The number of nitrogens with one attached hydrogen (secondary N) is 3. The van der Waals surface area contributed by atoms with Crippen LogP contribution in [0.5, 0.6) is 5.75 Å². The number of carbonyl (C=O) groups is 2. The molecule has 2 aliphatic carbocycles. The monoisotopic (exact) mass is 533 g/mol. The molecule has 2 saturated carbocycles. The normalized spacial score (nSPS) is 19.3. The summed E-state index contributed by atoms with van der Waals surface area (Å²) in [5.74, 6) is 1.55. The summed E-state index contributed by atoms with van der Waals surface area (Å²) in [7, 11) is 1.51. The topological polar surface area (TPSA) is 118 Å². The molecule has 0 bridgehead atoms. The van der Waals surface area contributed by atoms with Gasteiger partial charge in [-0.2, -0.15) is 0 Å². The van der Waals surface area contributed by atoms with Crippen molar-refractivity contribution in [1.29, 1.82) is 0 Å². The lowest BCUT2D eigenvalue weighted by Gasteiger charge is -2.29. The number of hydrogen-bond donors (Lipinski definition) is 3. The maximum absolute atomic E-state index is 13.5. The summed E-state index contributed by atoms with van der Waals surface area (Å²) in [5, 5.41) is 6.21. The Morgan fingerprint density at radius 3 is 2.44 bits per heavy atom. The number of fused-ring (bicyclic) bond motifs is 1. The van der Waals surface area contributed by atoms with Crippen molar-refractivity contribution in [3.63, 3.8) is 0 Å². The zero-order chi connectivity index (χ0) is 27.5. The fraction of sp³-hybridized carbons (Fsp3) is 0.533. The summed E-state index contributed by atoms with van der Waals surface area (Å²) in [6.07, 6.45) is 7.20. The lowest BCUT2D eigenvalue weighted by Crippen LogP contribution is -2.44. The number of nitrogens with zero attached hydrogens (tertiary/aromatic N) is 2. The summed E-state index contributed by atoms with van der Waals surface area (Å²) < 4.78 is 11.1. The average Bonchev–Trinajstić information content (AvgIpc) is 3.68. The number of aromatic amines is 1. The first-order chi connectivity index (χ1) is 18.8. The van der Waals surface area contributed by atoms with Gasteiger partial charge in [0.2, 0.25) is 5.91 Å². The van der Waals surface area contributed by atoms with Gasteiger partial charge in [0.25, 0.3) is 5.91 Å². The number of hydrogen-bond acceptors (Lipinski definition) is 6. The van der Waals surface area contributed by atoms with Crippen molar-refractivity contribution >= 4 is 22.8 Å². The Bertz CT molecular complexity index is 1340. The highest BCUT2D eigenvalue weighted by atomic mass is 16.5. The number of carbonyl (C=O) groups excluding carboxylic acids is 2. The van der Waals surface area contributed by atoms with E-state index >= 15 is 0 Å². The van der Waals surface area contributed by atoms with Crippen LogP contribution in [0.1, 0.15) is 79.9 Å². The molecule has 5 rings (SSSR count). The van der Waals surface area contributed by atoms with Crippen molar-refractivity contribution in [3.05, 3.63) is 41.3 Å². The SMILES string of the molecule is COCC(=O)N[C@H]1CC[C@H](NC(=O)c2c(C)[nH]c3c(-c4cc(C(C)C)ccc4OCC4CC4)ncnc23)CC1. The number of rotatable bonds is 10. The molecular weight excluding hydrogens is 494 g/mol. The molecule has 0 spiro atoms.